The van der Waals surface area contributed by atoms with Gasteiger partial charge in [-0.1, -0.05) is 6.42 Å². The van der Waals surface area contributed by atoms with Crippen molar-refractivity contribution in [1.82, 2.24) is 9.78 Å². The summed E-state index contributed by atoms with van der Waals surface area (Å²) in [5.74, 6) is 0.951. The third kappa shape index (κ3) is 2.27. The fraction of sp³-hybridized carbons (Fsp3) is 0.714. The Hall–Kier alpha value is -1.36. The van der Waals surface area contributed by atoms with Crippen molar-refractivity contribution >= 4 is 11.7 Å². The topological polar surface area (TPSA) is 67.2 Å². The van der Waals surface area contributed by atoms with Gasteiger partial charge in [-0.05, 0) is 38.5 Å². The molecule has 3 rings (SSSR count). The van der Waals surface area contributed by atoms with E-state index in [1.807, 2.05) is 13.1 Å². The molecule has 2 N–H and O–H groups in total. The van der Waals surface area contributed by atoms with Crippen LogP contribution in [0.4, 0.5) is 5.82 Å². The maximum absolute atomic E-state index is 12.1. The molecule has 0 bridgehead atoms. The lowest BCUT2D eigenvalue weighted by molar-refractivity contribution is -0.133. The lowest BCUT2D eigenvalue weighted by Crippen LogP contribution is -2.40. The largest absolute Gasteiger partial charge is 0.380 e. The molecular weight excluding hydrogens is 242 g/mol. The van der Waals surface area contributed by atoms with Gasteiger partial charge in [0.2, 0.25) is 0 Å². The van der Waals surface area contributed by atoms with Crippen LogP contribution in [0, 0.1) is 0 Å². The van der Waals surface area contributed by atoms with Gasteiger partial charge in [-0.25, -0.2) is 0 Å². The molecule has 1 aromatic heterocycles. The molecule has 0 aromatic carbocycles. The molecule has 0 aliphatic heterocycles. The first kappa shape index (κ1) is 12.7. The number of aromatic nitrogens is 2. The Bertz CT molecular complexity index is 485. The number of hydrogen-bond donors (Lipinski definition) is 2. The predicted molar refractivity (Wildman–Crippen MR) is 71.8 cm³/mol. The Morgan fingerprint density at radius 3 is 2.68 bits per heavy atom. The van der Waals surface area contributed by atoms with Crippen LogP contribution in [0.15, 0.2) is 6.07 Å². The number of aliphatic hydroxyl groups is 1. The van der Waals surface area contributed by atoms with Gasteiger partial charge in [0, 0.05) is 19.0 Å². The smallest absolute Gasteiger partial charge is 0.257 e. The van der Waals surface area contributed by atoms with E-state index in [0.29, 0.717) is 24.6 Å². The molecule has 0 saturated heterocycles. The number of amides is 1. The van der Waals surface area contributed by atoms with Gasteiger partial charge >= 0.3 is 0 Å². The number of hydrogen-bond acceptors (Lipinski definition) is 3. The van der Waals surface area contributed by atoms with E-state index < -0.39 is 5.60 Å². The molecule has 5 nitrogen and oxygen atoms in total. The summed E-state index contributed by atoms with van der Waals surface area (Å²) in [6, 6.07) is 1.94. The highest BCUT2D eigenvalue weighted by atomic mass is 16.3. The predicted octanol–water partition coefficient (Wildman–Crippen LogP) is 1.93. The van der Waals surface area contributed by atoms with E-state index in [-0.39, 0.29) is 5.91 Å². The van der Waals surface area contributed by atoms with Crippen LogP contribution in [0.5, 0.6) is 0 Å². The first-order chi connectivity index (χ1) is 9.08. The zero-order valence-corrected chi connectivity index (χ0v) is 11.4. The van der Waals surface area contributed by atoms with Gasteiger partial charge in [-0.15, -0.1) is 0 Å². The number of carbonyl (C=O) groups is 1. The van der Waals surface area contributed by atoms with E-state index in [1.165, 1.54) is 19.3 Å². The average Bonchev–Trinajstić information content (AvgIpc) is 2.86. The maximum atomic E-state index is 12.1. The Balaban J connectivity index is 1.72. The highest BCUT2D eigenvalue weighted by molar-refractivity contribution is 5.96. The Labute approximate surface area is 113 Å². The molecular formula is C14H21N3O2. The second-order valence-corrected chi connectivity index (χ2v) is 5.90. The normalized spacial score (nSPS) is 22.2. The van der Waals surface area contributed by atoms with Crippen molar-refractivity contribution in [2.24, 2.45) is 7.05 Å². The van der Waals surface area contributed by atoms with Gasteiger partial charge in [0.25, 0.3) is 5.91 Å². The van der Waals surface area contributed by atoms with Crippen molar-refractivity contribution in [2.45, 2.75) is 56.5 Å². The molecule has 1 heterocycles. The Kier molecular flexibility index (Phi) is 3.09. The van der Waals surface area contributed by atoms with Crippen LogP contribution < -0.4 is 5.32 Å². The zero-order chi connectivity index (χ0) is 13.5. The molecule has 2 aliphatic carbocycles. The molecule has 1 aromatic rings. The lowest BCUT2D eigenvalue weighted by Gasteiger charge is -2.22. The third-order valence-electron chi connectivity index (χ3n) is 4.52. The van der Waals surface area contributed by atoms with Gasteiger partial charge in [-0.2, -0.15) is 5.10 Å². The fourth-order valence-electron chi connectivity index (χ4n) is 2.93. The van der Waals surface area contributed by atoms with Crippen LogP contribution in [0.1, 0.15) is 56.6 Å². The van der Waals surface area contributed by atoms with E-state index in [4.69, 9.17) is 0 Å². The standard InChI is InChI=1S/C14H21N3O2/c1-17-12(9-11(16-17)10-5-4-6-10)15-13(18)14(19)7-2-3-8-14/h9-10,19H,2-8H2,1H3,(H,15,18). The number of rotatable bonds is 3. The first-order valence-corrected chi connectivity index (χ1v) is 7.16. The summed E-state index contributed by atoms with van der Waals surface area (Å²) in [6.07, 6.45) is 6.61. The fourth-order valence-corrected chi connectivity index (χ4v) is 2.93. The minimum absolute atomic E-state index is 0.284. The van der Waals surface area contributed by atoms with Crippen molar-refractivity contribution < 1.29 is 9.90 Å². The zero-order valence-electron chi connectivity index (χ0n) is 11.4. The monoisotopic (exact) mass is 263 g/mol. The van der Waals surface area contributed by atoms with Gasteiger partial charge in [0.1, 0.15) is 11.4 Å². The molecule has 0 spiro atoms. The molecule has 2 saturated carbocycles. The highest BCUT2D eigenvalue weighted by Crippen LogP contribution is 2.36. The van der Waals surface area contributed by atoms with Crippen molar-refractivity contribution in [3.8, 4) is 0 Å². The van der Waals surface area contributed by atoms with Crippen molar-refractivity contribution in [2.75, 3.05) is 5.32 Å². The van der Waals surface area contributed by atoms with E-state index in [0.717, 1.165) is 18.5 Å². The SMILES string of the molecule is Cn1nc(C2CCC2)cc1NC(=O)C1(O)CCCC1. The summed E-state index contributed by atoms with van der Waals surface area (Å²) >= 11 is 0. The summed E-state index contributed by atoms with van der Waals surface area (Å²) < 4.78 is 1.70. The summed E-state index contributed by atoms with van der Waals surface area (Å²) in [5, 5.41) is 17.5. The minimum atomic E-state index is -1.18. The van der Waals surface area contributed by atoms with Gasteiger partial charge in [0.15, 0.2) is 0 Å². The van der Waals surface area contributed by atoms with Crippen LogP contribution in [-0.2, 0) is 11.8 Å². The molecule has 104 valence electrons. The minimum Gasteiger partial charge on any atom is -0.380 e. The second kappa shape index (κ2) is 4.63. The van der Waals surface area contributed by atoms with Crippen molar-refractivity contribution in [3.05, 3.63) is 11.8 Å². The summed E-state index contributed by atoms with van der Waals surface area (Å²) in [6.45, 7) is 0. The van der Waals surface area contributed by atoms with Crippen LogP contribution in [-0.4, -0.2) is 26.4 Å². The van der Waals surface area contributed by atoms with Crippen molar-refractivity contribution in [3.63, 3.8) is 0 Å². The first-order valence-electron chi connectivity index (χ1n) is 7.16. The van der Waals surface area contributed by atoms with E-state index >= 15 is 0 Å². The third-order valence-corrected chi connectivity index (χ3v) is 4.52. The quantitative estimate of drug-likeness (QED) is 0.875. The van der Waals surface area contributed by atoms with Crippen LogP contribution in [0.25, 0.3) is 0 Å². The van der Waals surface area contributed by atoms with E-state index in [1.54, 1.807) is 4.68 Å². The molecule has 5 heteroatoms. The number of aryl methyl sites for hydroxylation is 1. The molecule has 1 amide bonds. The highest BCUT2D eigenvalue weighted by Gasteiger charge is 2.39. The summed E-state index contributed by atoms with van der Waals surface area (Å²) in [5.41, 5.74) is -0.122. The lowest BCUT2D eigenvalue weighted by atomic mass is 9.83. The molecule has 0 atom stereocenters. The number of nitrogens with one attached hydrogen (secondary N) is 1. The average molecular weight is 263 g/mol. The van der Waals surface area contributed by atoms with Crippen molar-refractivity contribution in [1.29, 1.82) is 0 Å². The molecule has 0 radical (unpaired) electrons. The maximum Gasteiger partial charge on any atom is 0.257 e. The van der Waals surface area contributed by atoms with Crippen LogP contribution >= 0.6 is 0 Å². The summed E-state index contributed by atoms with van der Waals surface area (Å²) in [7, 11) is 1.83. The van der Waals surface area contributed by atoms with E-state index in [2.05, 4.69) is 10.4 Å². The van der Waals surface area contributed by atoms with Gasteiger partial charge in [0.05, 0.1) is 5.69 Å². The molecule has 19 heavy (non-hydrogen) atoms. The Morgan fingerprint density at radius 2 is 2.11 bits per heavy atom. The van der Waals surface area contributed by atoms with Crippen LogP contribution in [0.3, 0.4) is 0 Å². The number of anilines is 1. The second-order valence-electron chi connectivity index (χ2n) is 5.90. The number of carbonyl (C=O) groups excluding carboxylic acids is 1. The molecule has 2 aliphatic rings. The van der Waals surface area contributed by atoms with Crippen LogP contribution in [0.2, 0.25) is 0 Å². The summed E-state index contributed by atoms with van der Waals surface area (Å²) in [4.78, 5) is 12.1. The molecule has 0 unspecified atom stereocenters. The Morgan fingerprint density at radius 1 is 1.42 bits per heavy atom. The van der Waals surface area contributed by atoms with Gasteiger partial charge in [-0.3, -0.25) is 9.48 Å². The number of nitrogens with zero attached hydrogens (tertiary/aromatic N) is 2. The molecule has 2 fully saturated rings. The van der Waals surface area contributed by atoms with E-state index in [9.17, 15) is 9.90 Å². The van der Waals surface area contributed by atoms with Gasteiger partial charge < -0.3 is 10.4 Å².